The largest absolute Gasteiger partial charge is 0.392 e. The van der Waals surface area contributed by atoms with Crippen LogP contribution in [0.2, 0.25) is 0 Å². The molecule has 1 aliphatic heterocycles. The van der Waals surface area contributed by atoms with E-state index >= 15 is 0 Å². The van der Waals surface area contributed by atoms with E-state index in [1.165, 1.54) is 51.6 Å². The van der Waals surface area contributed by atoms with Crippen molar-refractivity contribution in [3.05, 3.63) is 0 Å². The smallest absolute Gasteiger partial charge is 0.0669 e. The molecule has 1 N–H and O–H groups in total. The molecule has 2 atom stereocenters. The predicted octanol–water partition coefficient (Wildman–Crippen LogP) is 2.66. The Morgan fingerprint density at radius 3 is 2.62 bits per heavy atom. The molecule has 0 aromatic carbocycles. The number of aliphatic hydroxyl groups is 1. The Kier molecular flexibility index (Phi) is 4.66. The molecule has 1 aliphatic carbocycles. The third-order valence-electron chi connectivity index (χ3n) is 4.29. The Morgan fingerprint density at radius 2 is 1.94 bits per heavy atom. The molecule has 0 radical (unpaired) electrons. The predicted molar refractivity (Wildman–Crippen MR) is 67.4 cm³/mol. The lowest BCUT2D eigenvalue weighted by molar-refractivity contribution is 0.0716. The van der Waals surface area contributed by atoms with Crippen LogP contribution in [0, 0.1) is 11.8 Å². The minimum Gasteiger partial charge on any atom is -0.392 e. The van der Waals surface area contributed by atoms with E-state index in [2.05, 4.69) is 11.8 Å². The fraction of sp³-hybridized carbons (Fsp3) is 1.00. The highest BCUT2D eigenvalue weighted by Gasteiger charge is 2.22. The summed E-state index contributed by atoms with van der Waals surface area (Å²) in [6, 6.07) is 0. The van der Waals surface area contributed by atoms with Crippen LogP contribution < -0.4 is 0 Å². The lowest BCUT2D eigenvalue weighted by atomic mass is 9.97. The second-order valence-corrected chi connectivity index (χ2v) is 6.05. The van der Waals surface area contributed by atoms with E-state index in [0.29, 0.717) is 0 Å². The van der Waals surface area contributed by atoms with Gasteiger partial charge in [0.25, 0.3) is 0 Å². The summed E-state index contributed by atoms with van der Waals surface area (Å²) < 4.78 is 0. The molecule has 2 heteroatoms. The van der Waals surface area contributed by atoms with E-state index in [-0.39, 0.29) is 6.10 Å². The maximum absolute atomic E-state index is 10.1. The zero-order valence-electron chi connectivity index (χ0n) is 10.7. The molecule has 2 rings (SSSR count). The van der Waals surface area contributed by atoms with Crippen LogP contribution >= 0.6 is 0 Å². The van der Waals surface area contributed by atoms with Crippen molar-refractivity contribution in [3.63, 3.8) is 0 Å². The van der Waals surface area contributed by atoms with E-state index in [1.807, 2.05) is 0 Å². The molecule has 2 unspecified atom stereocenters. The van der Waals surface area contributed by atoms with Crippen LogP contribution in [-0.4, -0.2) is 35.7 Å². The minimum absolute atomic E-state index is 0.0756. The molecule has 0 amide bonds. The number of β-amino-alcohol motifs (C(OH)–C–C–N with tert-alkyl or cyclic N) is 1. The molecule has 1 saturated carbocycles. The first-order valence-corrected chi connectivity index (χ1v) is 7.14. The third-order valence-corrected chi connectivity index (χ3v) is 4.29. The summed E-state index contributed by atoms with van der Waals surface area (Å²) in [5.41, 5.74) is 0. The van der Waals surface area contributed by atoms with Gasteiger partial charge in [0.2, 0.25) is 0 Å². The van der Waals surface area contributed by atoms with Gasteiger partial charge in [0.05, 0.1) is 6.10 Å². The molecule has 94 valence electrons. The average Bonchev–Trinajstić information content (AvgIpc) is 2.70. The van der Waals surface area contributed by atoms with Crippen LogP contribution in [0.5, 0.6) is 0 Å². The van der Waals surface area contributed by atoms with Crippen molar-refractivity contribution >= 4 is 0 Å². The molecule has 2 aliphatic rings. The lowest BCUT2D eigenvalue weighted by Gasteiger charge is -2.32. The highest BCUT2D eigenvalue weighted by Crippen LogP contribution is 2.29. The van der Waals surface area contributed by atoms with Gasteiger partial charge in [-0.05, 0) is 37.6 Å². The first kappa shape index (κ1) is 12.4. The van der Waals surface area contributed by atoms with Crippen molar-refractivity contribution in [2.24, 2.45) is 11.8 Å². The van der Waals surface area contributed by atoms with Crippen LogP contribution in [0.25, 0.3) is 0 Å². The molecule has 2 fully saturated rings. The molecule has 2 nitrogen and oxygen atoms in total. The van der Waals surface area contributed by atoms with Gasteiger partial charge in [-0.2, -0.15) is 0 Å². The molecule has 1 heterocycles. The van der Waals surface area contributed by atoms with Gasteiger partial charge in [-0.3, -0.25) is 0 Å². The third kappa shape index (κ3) is 3.74. The molecule has 0 aromatic rings. The Labute approximate surface area is 100 Å². The second-order valence-electron chi connectivity index (χ2n) is 6.05. The fourth-order valence-electron chi connectivity index (χ4n) is 3.46. The van der Waals surface area contributed by atoms with Crippen molar-refractivity contribution in [3.8, 4) is 0 Å². The van der Waals surface area contributed by atoms with Gasteiger partial charge in [0.15, 0.2) is 0 Å². The first-order chi connectivity index (χ1) is 7.74. The van der Waals surface area contributed by atoms with Gasteiger partial charge in [0, 0.05) is 13.1 Å². The molecular weight excluding hydrogens is 198 g/mol. The number of aliphatic hydroxyl groups excluding tert-OH is 1. The van der Waals surface area contributed by atoms with Gasteiger partial charge in [-0.1, -0.05) is 32.6 Å². The number of nitrogens with zero attached hydrogens (tertiary/aromatic N) is 1. The maximum Gasteiger partial charge on any atom is 0.0669 e. The van der Waals surface area contributed by atoms with Crippen LogP contribution in [0.1, 0.15) is 51.9 Å². The zero-order chi connectivity index (χ0) is 11.4. The Balaban J connectivity index is 1.67. The molecular formula is C14H27NO. The Morgan fingerprint density at radius 1 is 1.19 bits per heavy atom. The molecule has 1 saturated heterocycles. The standard InChI is InChI=1S/C14H27NO/c1-12-5-4-8-15(10-12)11-14(16)9-13-6-2-3-7-13/h12-14,16H,2-11H2,1H3. The summed E-state index contributed by atoms with van der Waals surface area (Å²) >= 11 is 0. The van der Waals surface area contributed by atoms with Crippen molar-refractivity contribution in [2.45, 2.75) is 58.0 Å². The Hall–Kier alpha value is -0.0800. The summed E-state index contributed by atoms with van der Waals surface area (Å²) in [4.78, 5) is 2.47. The van der Waals surface area contributed by atoms with Crippen LogP contribution in [0.3, 0.4) is 0 Å². The highest BCUT2D eigenvalue weighted by atomic mass is 16.3. The summed E-state index contributed by atoms with van der Waals surface area (Å²) in [5, 5.41) is 10.1. The molecule has 0 bridgehead atoms. The monoisotopic (exact) mass is 225 g/mol. The van der Waals surface area contributed by atoms with Gasteiger partial charge in [-0.25, -0.2) is 0 Å². The quantitative estimate of drug-likeness (QED) is 0.795. The van der Waals surface area contributed by atoms with Gasteiger partial charge >= 0.3 is 0 Å². The average molecular weight is 225 g/mol. The van der Waals surface area contributed by atoms with Crippen molar-refractivity contribution in [1.82, 2.24) is 4.90 Å². The second kappa shape index (κ2) is 6.02. The first-order valence-electron chi connectivity index (χ1n) is 7.14. The molecule has 0 aromatic heterocycles. The summed E-state index contributed by atoms with van der Waals surface area (Å²) in [5.74, 6) is 1.64. The number of rotatable bonds is 4. The maximum atomic E-state index is 10.1. The van der Waals surface area contributed by atoms with Crippen LogP contribution in [0.4, 0.5) is 0 Å². The van der Waals surface area contributed by atoms with Gasteiger partial charge in [0.1, 0.15) is 0 Å². The topological polar surface area (TPSA) is 23.5 Å². The van der Waals surface area contributed by atoms with E-state index < -0.39 is 0 Å². The number of piperidine rings is 1. The zero-order valence-corrected chi connectivity index (χ0v) is 10.7. The highest BCUT2D eigenvalue weighted by molar-refractivity contribution is 4.76. The van der Waals surface area contributed by atoms with Crippen LogP contribution in [0.15, 0.2) is 0 Å². The molecule has 16 heavy (non-hydrogen) atoms. The van der Waals surface area contributed by atoms with Crippen molar-refractivity contribution in [2.75, 3.05) is 19.6 Å². The Bertz CT molecular complexity index is 201. The van der Waals surface area contributed by atoms with E-state index in [4.69, 9.17) is 0 Å². The summed E-state index contributed by atoms with van der Waals surface area (Å²) in [6.07, 6.45) is 9.14. The number of likely N-dealkylation sites (tertiary alicyclic amines) is 1. The lowest BCUT2D eigenvalue weighted by Crippen LogP contribution is -2.39. The van der Waals surface area contributed by atoms with E-state index in [1.54, 1.807) is 0 Å². The normalized spacial score (nSPS) is 30.8. The van der Waals surface area contributed by atoms with Gasteiger partial charge < -0.3 is 10.0 Å². The van der Waals surface area contributed by atoms with Crippen molar-refractivity contribution in [1.29, 1.82) is 0 Å². The minimum atomic E-state index is -0.0756. The summed E-state index contributed by atoms with van der Waals surface area (Å²) in [7, 11) is 0. The summed E-state index contributed by atoms with van der Waals surface area (Å²) in [6.45, 7) is 5.64. The fourth-order valence-corrected chi connectivity index (χ4v) is 3.46. The van der Waals surface area contributed by atoms with Crippen LogP contribution in [-0.2, 0) is 0 Å². The SMILES string of the molecule is CC1CCCN(CC(O)CC2CCCC2)C1. The van der Waals surface area contributed by atoms with E-state index in [9.17, 15) is 5.11 Å². The number of hydrogen-bond donors (Lipinski definition) is 1. The number of hydrogen-bond acceptors (Lipinski definition) is 2. The van der Waals surface area contributed by atoms with E-state index in [0.717, 1.165) is 24.8 Å². The van der Waals surface area contributed by atoms with Crippen molar-refractivity contribution < 1.29 is 5.11 Å². The molecule has 0 spiro atoms. The van der Waals surface area contributed by atoms with Gasteiger partial charge in [-0.15, -0.1) is 0 Å².